The summed E-state index contributed by atoms with van der Waals surface area (Å²) in [7, 11) is 0. The molecule has 0 atom stereocenters. The van der Waals surface area contributed by atoms with E-state index in [0.717, 1.165) is 0 Å². The van der Waals surface area contributed by atoms with E-state index in [1.54, 1.807) is 18.2 Å². The molecule has 4 rings (SSSR count). The van der Waals surface area contributed by atoms with Crippen LogP contribution in [0.25, 0.3) is 33.4 Å². The molecule has 1 aliphatic carbocycles. The number of phenolic OH excluding ortho intramolecular Hbond substituents is 1. The summed E-state index contributed by atoms with van der Waals surface area (Å²) in [5, 5.41) is 22.2. The smallest absolute Gasteiger partial charge is 0.335 e. The third-order valence-corrected chi connectivity index (χ3v) is 4.40. The fourth-order valence-corrected chi connectivity index (χ4v) is 3.27. The number of hydrogen-bond donors (Lipinski definition) is 2. The summed E-state index contributed by atoms with van der Waals surface area (Å²) in [5.74, 6) is -0.789. The maximum absolute atomic E-state index is 11.8. The van der Waals surface area contributed by atoms with Crippen molar-refractivity contribution in [2.24, 2.45) is 4.99 Å². The summed E-state index contributed by atoms with van der Waals surface area (Å²) in [6.45, 7) is 0. The summed E-state index contributed by atoms with van der Waals surface area (Å²) in [4.78, 5) is 27.3. The Balaban J connectivity index is 2.17. The van der Waals surface area contributed by atoms with Gasteiger partial charge < -0.3 is 14.6 Å². The minimum atomic E-state index is -1.11. The zero-order valence-electron chi connectivity index (χ0n) is 14.2. The molecule has 2 aliphatic rings. The van der Waals surface area contributed by atoms with E-state index < -0.39 is 5.97 Å². The SMILES string of the molecule is O=C(O)c1cc(N=C=S)cc(-c2c3ccc(=O)cc-3oc3cc(O)ccc23)c1. The molecule has 2 N–H and O–H groups in total. The number of aromatic carboxylic acids is 1. The van der Waals surface area contributed by atoms with Crippen LogP contribution in [-0.4, -0.2) is 21.3 Å². The third kappa shape index (κ3) is 3.05. The molecule has 0 saturated heterocycles. The van der Waals surface area contributed by atoms with Crippen LogP contribution >= 0.6 is 12.2 Å². The predicted octanol–water partition coefficient (Wildman–Crippen LogP) is 4.70. The zero-order valence-corrected chi connectivity index (χ0v) is 15.0. The highest BCUT2D eigenvalue weighted by Crippen LogP contribution is 2.41. The number of rotatable bonds is 3. The lowest BCUT2D eigenvalue weighted by molar-refractivity contribution is 0.0697. The van der Waals surface area contributed by atoms with Gasteiger partial charge in [-0.25, -0.2) is 4.79 Å². The number of aliphatic imine (C=N–C) groups is 1. The van der Waals surface area contributed by atoms with E-state index in [-0.39, 0.29) is 16.7 Å². The second-order valence-corrected chi connectivity index (χ2v) is 6.27. The van der Waals surface area contributed by atoms with Gasteiger partial charge in [-0.3, -0.25) is 4.79 Å². The van der Waals surface area contributed by atoms with Gasteiger partial charge in [0, 0.05) is 28.6 Å². The number of aromatic hydroxyl groups is 1. The van der Waals surface area contributed by atoms with Crippen LogP contribution in [0.4, 0.5) is 5.69 Å². The van der Waals surface area contributed by atoms with Crippen molar-refractivity contribution in [1.82, 2.24) is 0 Å². The largest absolute Gasteiger partial charge is 0.508 e. The van der Waals surface area contributed by atoms with Crippen molar-refractivity contribution < 1.29 is 19.4 Å². The molecule has 28 heavy (non-hydrogen) atoms. The molecule has 0 aromatic heterocycles. The van der Waals surface area contributed by atoms with Crippen molar-refractivity contribution in [2.75, 3.05) is 0 Å². The Bertz CT molecular complexity index is 1310. The van der Waals surface area contributed by atoms with Gasteiger partial charge in [0.25, 0.3) is 0 Å². The van der Waals surface area contributed by atoms with Crippen LogP contribution in [0.2, 0.25) is 0 Å². The molecule has 7 heteroatoms. The van der Waals surface area contributed by atoms with Crippen molar-refractivity contribution in [1.29, 1.82) is 0 Å². The highest BCUT2D eigenvalue weighted by Gasteiger charge is 2.19. The topological polar surface area (TPSA) is 100 Å². The first-order valence-corrected chi connectivity index (χ1v) is 8.53. The molecule has 136 valence electrons. The molecule has 0 radical (unpaired) electrons. The number of carboxylic acid groups (broad SMARTS) is 1. The summed E-state index contributed by atoms with van der Waals surface area (Å²) in [6, 6.07) is 13.6. The minimum Gasteiger partial charge on any atom is -0.508 e. The quantitative estimate of drug-likeness (QED) is 0.299. The Morgan fingerprint density at radius 1 is 1.07 bits per heavy atom. The molecule has 2 aromatic carbocycles. The van der Waals surface area contributed by atoms with Gasteiger partial charge >= 0.3 is 5.97 Å². The van der Waals surface area contributed by atoms with Crippen LogP contribution in [0.15, 0.2) is 68.8 Å². The van der Waals surface area contributed by atoms with Crippen LogP contribution < -0.4 is 5.43 Å². The van der Waals surface area contributed by atoms with E-state index in [4.69, 9.17) is 4.42 Å². The van der Waals surface area contributed by atoms with Crippen molar-refractivity contribution in [2.45, 2.75) is 0 Å². The molecule has 6 nitrogen and oxygen atoms in total. The van der Waals surface area contributed by atoms with Gasteiger partial charge in [0.2, 0.25) is 0 Å². The molecular formula is C21H11NO5S. The number of isothiocyanates is 1. The molecule has 0 saturated carbocycles. The number of fused-ring (bicyclic) bond motifs is 2. The van der Waals surface area contributed by atoms with Crippen molar-refractivity contribution in [3.63, 3.8) is 0 Å². The first-order chi connectivity index (χ1) is 13.5. The Morgan fingerprint density at radius 3 is 2.64 bits per heavy atom. The van der Waals surface area contributed by atoms with Gasteiger partial charge in [-0.05, 0) is 60.2 Å². The highest BCUT2D eigenvalue weighted by molar-refractivity contribution is 7.78. The number of carboxylic acids is 1. The molecule has 0 fully saturated rings. The molecule has 0 amide bonds. The number of benzene rings is 3. The second kappa shape index (κ2) is 6.74. The Kier molecular flexibility index (Phi) is 4.24. The Morgan fingerprint density at radius 2 is 1.89 bits per heavy atom. The Labute approximate surface area is 163 Å². The molecule has 1 heterocycles. The first-order valence-electron chi connectivity index (χ1n) is 8.12. The van der Waals surface area contributed by atoms with Crippen LogP contribution in [0.5, 0.6) is 5.75 Å². The van der Waals surface area contributed by atoms with Crippen molar-refractivity contribution in [3.05, 3.63) is 70.4 Å². The summed E-state index contributed by atoms with van der Waals surface area (Å²) in [5.41, 5.74) is 2.33. The van der Waals surface area contributed by atoms with Crippen LogP contribution in [0, 0.1) is 0 Å². The summed E-state index contributed by atoms with van der Waals surface area (Å²) < 4.78 is 5.80. The molecule has 0 spiro atoms. The maximum Gasteiger partial charge on any atom is 0.335 e. The molecule has 0 unspecified atom stereocenters. The predicted molar refractivity (Wildman–Crippen MR) is 108 cm³/mol. The van der Waals surface area contributed by atoms with Crippen molar-refractivity contribution >= 4 is 40.0 Å². The van der Waals surface area contributed by atoms with Gasteiger partial charge in [-0.2, -0.15) is 4.99 Å². The van der Waals surface area contributed by atoms with Crippen LogP contribution in [0.1, 0.15) is 10.4 Å². The lowest BCUT2D eigenvalue weighted by Crippen LogP contribution is -2.01. The number of phenols is 1. The summed E-state index contributed by atoms with van der Waals surface area (Å²) in [6.07, 6.45) is 0. The van der Waals surface area contributed by atoms with E-state index in [2.05, 4.69) is 22.4 Å². The monoisotopic (exact) mass is 389 g/mol. The van der Waals surface area contributed by atoms with E-state index in [9.17, 15) is 19.8 Å². The third-order valence-electron chi connectivity index (χ3n) is 4.31. The van der Waals surface area contributed by atoms with Gasteiger partial charge in [0.15, 0.2) is 5.43 Å². The molecule has 1 aliphatic heterocycles. The second-order valence-electron chi connectivity index (χ2n) is 6.09. The summed E-state index contributed by atoms with van der Waals surface area (Å²) >= 11 is 4.64. The number of nitrogens with zero attached hydrogens (tertiary/aromatic N) is 1. The average molecular weight is 389 g/mol. The standard InChI is InChI=1S/C21H11NO5S/c23-14-1-3-16-18(8-14)27-19-9-15(24)2-4-17(19)20(16)11-5-12(21(25)26)7-13(6-11)22-10-28/h1-9,23H,(H,25,26). The van der Waals surface area contributed by atoms with E-state index in [1.165, 1.54) is 36.4 Å². The highest BCUT2D eigenvalue weighted by atomic mass is 32.1. The van der Waals surface area contributed by atoms with Crippen LogP contribution in [0.3, 0.4) is 0 Å². The fraction of sp³-hybridized carbons (Fsp3) is 0. The van der Waals surface area contributed by atoms with E-state index in [0.29, 0.717) is 39.1 Å². The van der Waals surface area contributed by atoms with Gasteiger partial charge in [-0.15, -0.1) is 0 Å². The van der Waals surface area contributed by atoms with E-state index >= 15 is 0 Å². The number of hydrogen-bond acceptors (Lipinski definition) is 6. The van der Waals surface area contributed by atoms with Crippen LogP contribution in [-0.2, 0) is 0 Å². The Hall–Kier alpha value is -3.80. The van der Waals surface area contributed by atoms with Gasteiger partial charge in [0.05, 0.1) is 16.4 Å². The van der Waals surface area contributed by atoms with Gasteiger partial charge in [0.1, 0.15) is 17.1 Å². The first kappa shape index (κ1) is 17.6. The lowest BCUT2D eigenvalue weighted by atomic mass is 9.92. The normalized spacial score (nSPS) is 10.7. The lowest BCUT2D eigenvalue weighted by Gasteiger charge is -2.16. The fourth-order valence-electron chi connectivity index (χ4n) is 3.17. The average Bonchev–Trinajstić information content (AvgIpc) is 2.65. The molecular weight excluding hydrogens is 378 g/mol. The molecule has 2 aromatic rings. The maximum atomic E-state index is 11.8. The van der Waals surface area contributed by atoms with E-state index in [1.807, 2.05) is 0 Å². The zero-order chi connectivity index (χ0) is 19.8. The van der Waals surface area contributed by atoms with Crippen molar-refractivity contribution in [3.8, 4) is 28.2 Å². The molecule has 0 bridgehead atoms. The number of carbonyl (C=O) groups is 1. The number of thiocarbonyl (C=S) groups is 1. The van der Waals surface area contributed by atoms with Gasteiger partial charge in [-0.1, -0.05) is 0 Å². The minimum absolute atomic E-state index is 0.00473.